The Hall–Kier alpha value is -2.45. The van der Waals surface area contributed by atoms with Crippen LogP contribution in [0.1, 0.15) is 29.4 Å². The molecular formula is C17H19N4O3S+. The highest BCUT2D eigenvalue weighted by Gasteiger charge is 2.31. The zero-order valence-corrected chi connectivity index (χ0v) is 14.7. The van der Waals surface area contributed by atoms with Crippen molar-refractivity contribution in [1.29, 1.82) is 0 Å². The summed E-state index contributed by atoms with van der Waals surface area (Å²) in [5.74, 6) is 1.57. The van der Waals surface area contributed by atoms with Crippen LogP contribution >= 0.6 is 11.3 Å². The number of thiophene rings is 1. The number of nitrogens with one attached hydrogen (secondary N) is 1. The van der Waals surface area contributed by atoms with Gasteiger partial charge in [-0.25, -0.2) is 0 Å². The second-order valence-electron chi connectivity index (χ2n) is 6.07. The normalized spacial score (nSPS) is 16.9. The first-order valence-corrected chi connectivity index (χ1v) is 9.15. The van der Waals surface area contributed by atoms with Crippen LogP contribution in [0, 0.1) is 0 Å². The molecular weight excluding hydrogens is 340 g/mol. The van der Waals surface area contributed by atoms with E-state index in [0.29, 0.717) is 30.6 Å². The molecule has 8 heteroatoms. The fraction of sp³-hybridized carbons (Fsp3) is 0.353. The number of amides is 1. The van der Waals surface area contributed by atoms with Gasteiger partial charge in [0, 0.05) is 0 Å². The van der Waals surface area contributed by atoms with E-state index < -0.39 is 0 Å². The van der Waals surface area contributed by atoms with Crippen molar-refractivity contribution in [2.24, 2.45) is 0 Å². The molecule has 1 amide bonds. The van der Waals surface area contributed by atoms with Crippen molar-refractivity contribution >= 4 is 17.2 Å². The number of aromatic nitrogens is 2. The van der Waals surface area contributed by atoms with Crippen molar-refractivity contribution in [3.63, 3.8) is 0 Å². The second kappa shape index (κ2) is 6.81. The Morgan fingerprint density at radius 1 is 1.28 bits per heavy atom. The molecule has 0 aromatic carbocycles. The Kier molecular flexibility index (Phi) is 4.37. The van der Waals surface area contributed by atoms with E-state index in [9.17, 15) is 4.79 Å². The summed E-state index contributed by atoms with van der Waals surface area (Å²) in [7, 11) is 0. The molecule has 0 saturated carbocycles. The SMILES string of the molecule is C[C@H](c1nnc(-c2cccs2)o1)[NH+]1CCN(C(=O)c2ccco2)CC1. The van der Waals surface area contributed by atoms with Crippen molar-refractivity contribution in [3.05, 3.63) is 47.6 Å². The van der Waals surface area contributed by atoms with Crippen LogP contribution in [-0.2, 0) is 0 Å². The lowest BCUT2D eigenvalue weighted by Crippen LogP contribution is -3.14. The van der Waals surface area contributed by atoms with E-state index in [2.05, 4.69) is 17.1 Å². The molecule has 25 heavy (non-hydrogen) atoms. The van der Waals surface area contributed by atoms with Crippen LogP contribution in [0.2, 0.25) is 0 Å². The molecule has 0 aliphatic carbocycles. The third-order valence-corrected chi connectivity index (χ3v) is 5.44. The number of piperazine rings is 1. The average Bonchev–Trinajstić information content (AvgIpc) is 3.42. The predicted molar refractivity (Wildman–Crippen MR) is 91.3 cm³/mol. The Morgan fingerprint density at radius 3 is 2.80 bits per heavy atom. The molecule has 1 N–H and O–H groups in total. The maximum atomic E-state index is 12.3. The summed E-state index contributed by atoms with van der Waals surface area (Å²) >= 11 is 1.58. The van der Waals surface area contributed by atoms with Gasteiger partial charge in [0.1, 0.15) is 0 Å². The average molecular weight is 359 g/mol. The van der Waals surface area contributed by atoms with Crippen LogP contribution in [0.5, 0.6) is 0 Å². The maximum Gasteiger partial charge on any atom is 0.289 e. The van der Waals surface area contributed by atoms with E-state index in [1.165, 1.54) is 11.2 Å². The maximum absolute atomic E-state index is 12.3. The summed E-state index contributed by atoms with van der Waals surface area (Å²) in [6.45, 7) is 5.13. The first kappa shape index (κ1) is 16.0. The van der Waals surface area contributed by atoms with Gasteiger partial charge >= 0.3 is 0 Å². The molecule has 130 valence electrons. The third kappa shape index (κ3) is 3.22. The summed E-state index contributed by atoms with van der Waals surface area (Å²) in [5, 5.41) is 10.4. The lowest BCUT2D eigenvalue weighted by atomic mass is 10.2. The fourth-order valence-electron chi connectivity index (χ4n) is 3.07. The van der Waals surface area contributed by atoms with Crippen molar-refractivity contribution in [2.75, 3.05) is 26.2 Å². The lowest BCUT2D eigenvalue weighted by Gasteiger charge is -2.33. The molecule has 4 rings (SSSR count). The fourth-order valence-corrected chi connectivity index (χ4v) is 3.71. The summed E-state index contributed by atoms with van der Waals surface area (Å²) in [5.41, 5.74) is 0. The minimum atomic E-state index is -0.0468. The second-order valence-corrected chi connectivity index (χ2v) is 7.02. The first-order chi connectivity index (χ1) is 12.2. The smallest absolute Gasteiger partial charge is 0.289 e. The van der Waals surface area contributed by atoms with Crippen molar-refractivity contribution in [1.82, 2.24) is 15.1 Å². The van der Waals surface area contributed by atoms with Crippen LogP contribution < -0.4 is 4.90 Å². The monoisotopic (exact) mass is 359 g/mol. The van der Waals surface area contributed by atoms with Gasteiger partial charge in [-0.2, -0.15) is 0 Å². The third-order valence-electron chi connectivity index (χ3n) is 4.58. The largest absolute Gasteiger partial charge is 0.459 e. The molecule has 0 bridgehead atoms. The summed E-state index contributed by atoms with van der Waals surface area (Å²) in [6, 6.07) is 7.47. The van der Waals surface area contributed by atoms with E-state index in [4.69, 9.17) is 8.83 Å². The highest BCUT2D eigenvalue weighted by atomic mass is 32.1. The topological polar surface area (TPSA) is 76.8 Å². The molecule has 3 aromatic heterocycles. The van der Waals surface area contributed by atoms with Gasteiger partial charge in [-0.1, -0.05) is 6.07 Å². The minimum absolute atomic E-state index is 0.0468. The number of carbonyl (C=O) groups is 1. The molecule has 1 saturated heterocycles. The van der Waals surface area contributed by atoms with Gasteiger partial charge in [0.05, 0.1) is 37.3 Å². The van der Waals surface area contributed by atoms with E-state index in [1.807, 2.05) is 22.4 Å². The van der Waals surface area contributed by atoms with Gasteiger partial charge in [0.25, 0.3) is 17.7 Å². The standard InChI is InChI=1S/C17H18N4O3S/c1-12(15-18-19-16(24-15)14-5-3-11-25-14)20-6-8-21(9-7-20)17(22)13-4-2-10-23-13/h2-5,10-12H,6-9H2,1H3/p+1/t12-/m1/s1. The van der Waals surface area contributed by atoms with Crippen LogP contribution in [-0.4, -0.2) is 47.2 Å². The zero-order chi connectivity index (χ0) is 17.2. The Bertz CT molecular complexity index is 820. The van der Waals surface area contributed by atoms with E-state index in [-0.39, 0.29) is 11.9 Å². The highest BCUT2D eigenvalue weighted by Crippen LogP contribution is 2.24. The van der Waals surface area contributed by atoms with Crippen molar-refractivity contribution < 1.29 is 18.5 Å². The predicted octanol–water partition coefficient (Wildman–Crippen LogP) is 1.49. The summed E-state index contributed by atoms with van der Waals surface area (Å²) < 4.78 is 11.0. The number of rotatable bonds is 4. The van der Waals surface area contributed by atoms with Gasteiger partial charge in [0.15, 0.2) is 11.8 Å². The van der Waals surface area contributed by atoms with E-state index >= 15 is 0 Å². The molecule has 1 aliphatic heterocycles. The number of carbonyl (C=O) groups excluding carboxylic acids is 1. The molecule has 7 nitrogen and oxygen atoms in total. The van der Waals surface area contributed by atoms with Gasteiger partial charge < -0.3 is 18.6 Å². The van der Waals surface area contributed by atoms with Gasteiger partial charge in [-0.3, -0.25) is 4.79 Å². The Balaban J connectivity index is 1.38. The van der Waals surface area contributed by atoms with Gasteiger partial charge in [-0.05, 0) is 30.5 Å². The number of furan rings is 1. The molecule has 1 fully saturated rings. The van der Waals surface area contributed by atoms with Crippen LogP contribution in [0.4, 0.5) is 0 Å². The zero-order valence-electron chi connectivity index (χ0n) is 13.8. The van der Waals surface area contributed by atoms with Crippen LogP contribution in [0.3, 0.4) is 0 Å². The summed E-state index contributed by atoms with van der Waals surface area (Å²) in [4.78, 5) is 16.5. The Morgan fingerprint density at radius 2 is 2.12 bits per heavy atom. The summed E-state index contributed by atoms with van der Waals surface area (Å²) in [6.07, 6.45) is 1.53. The molecule has 1 atom stereocenters. The highest BCUT2D eigenvalue weighted by molar-refractivity contribution is 7.13. The van der Waals surface area contributed by atoms with Crippen molar-refractivity contribution in [3.8, 4) is 10.8 Å². The molecule has 0 radical (unpaired) electrons. The Labute approximate surface area is 148 Å². The van der Waals surface area contributed by atoms with Crippen LogP contribution in [0.15, 0.2) is 44.7 Å². The minimum Gasteiger partial charge on any atom is -0.459 e. The van der Waals surface area contributed by atoms with Gasteiger partial charge in [-0.15, -0.1) is 21.5 Å². The first-order valence-electron chi connectivity index (χ1n) is 8.27. The van der Waals surface area contributed by atoms with Gasteiger partial charge in [0.2, 0.25) is 0 Å². The quantitative estimate of drug-likeness (QED) is 0.764. The molecule has 0 unspecified atom stereocenters. The molecule has 4 heterocycles. The molecule has 0 spiro atoms. The number of quaternary nitrogens is 1. The van der Waals surface area contributed by atoms with E-state index in [0.717, 1.165) is 18.0 Å². The van der Waals surface area contributed by atoms with E-state index in [1.54, 1.807) is 23.5 Å². The molecule has 3 aromatic rings. The lowest BCUT2D eigenvalue weighted by molar-refractivity contribution is -0.934. The number of nitrogens with zero attached hydrogens (tertiary/aromatic N) is 3. The number of hydrogen-bond donors (Lipinski definition) is 1. The number of hydrogen-bond acceptors (Lipinski definition) is 6. The van der Waals surface area contributed by atoms with Crippen LogP contribution in [0.25, 0.3) is 10.8 Å². The van der Waals surface area contributed by atoms with Crippen molar-refractivity contribution in [2.45, 2.75) is 13.0 Å². The molecule has 1 aliphatic rings.